The predicted molar refractivity (Wildman–Crippen MR) is 71.7 cm³/mol. The fourth-order valence-corrected chi connectivity index (χ4v) is 2.54. The number of rotatable bonds is 4. The van der Waals surface area contributed by atoms with Crippen molar-refractivity contribution < 1.29 is 5.11 Å². The van der Waals surface area contributed by atoms with Crippen LogP contribution in [0.1, 0.15) is 50.2 Å². The van der Waals surface area contributed by atoms with E-state index in [-0.39, 0.29) is 6.10 Å². The van der Waals surface area contributed by atoms with E-state index in [0.717, 1.165) is 17.9 Å². The number of hydrogen-bond donors (Lipinski definition) is 1. The van der Waals surface area contributed by atoms with E-state index in [4.69, 9.17) is 0 Å². The molecule has 0 saturated heterocycles. The van der Waals surface area contributed by atoms with Crippen LogP contribution in [0.4, 0.5) is 0 Å². The average Bonchev–Trinajstić information content (AvgIpc) is 2.41. The van der Waals surface area contributed by atoms with Crippen LogP contribution >= 0.6 is 0 Å². The Kier molecular flexibility index (Phi) is 4.81. The van der Waals surface area contributed by atoms with Crippen molar-refractivity contribution in [1.29, 1.82) is 0 Å². The average molecular weight is 230 g/mol. The zero-order chi connectivity index (χ0) is 11.9. The molecule has 1 nitrogen and oxygen atoms in total. The molecule has 17 heavy (non-hydrogen) atoms. The number of aliphatic hydroxyl groups is 1. The van der Waals surface area contributed by atoms with Crippen molar-refractivity contribution in [1.82, 2.24) is 0 Å². The van der Waals surface area contributed by atoms with E-state index in [1.165, 1.54) is 32.1 Å². The molecule has 2 rings (SSSR count). The number of allylic oxidation sites excluding steroid dienone is 1. The van der Waals surface area contributed by atoms with Gasteiger partial charge >= 0.3 is 0 Å². The second-order valence-electron chi connectivity index (χ2n) is 4.99. The SMILES string of the molecule is O[C@H](C/C=C/C1CCCCC1)c1ccccc1. The first-order valence-electron chi connectivity index (χ1n) is 6.76. The first-order chi connectivity index (χ1) is 8.36. The van der Waals surface area contributed by atoms with E-state index in [1.54, 1.807) is 0 Å². The number of hydrogen-bond acceptors (Lipinski definition) is 1. The van der Waals surface area contributed by atoms with Gasteiger partial charge in [0.15, 0.2) is 0 Å². The zero-order valence-corrected chi connectivity index (χ0v) is 10.4. The fraction of sp³-hybridized carbons (Fsp3) is 0.500. The molecule has 1 aliphatic carbocycles. The van der Waals surface area contributed by atoms with Crippen LogP contribution in [0, 0.1) is 5.92 Å². The molecule has 0 bridgehead atoms. The minimum absolute atomic E-state index is 0.351. The van der Waals surface area contributed by atoms with Crippen molar-refractivity contribution in [3.05, 3.63) is 48.0 Å². The standard InChI is InChI=1S/C16H22O/c17-16(15-11-5-2-6-12-15)13-7-10-14-8-3-1-4-9-14/h2,5-7,10-12,14,16-17H,1,3-4,8-9,13H2/b10-7+/t16-/m1/s1. The molecule has 0 aromatic heterocycles. The molecule has 0 spiro atoms. The Morgan fingerprint density at radius 2 is 1.82 bits per heavy atom. The molecular formula is C16H22O. The highest BCUT2D eigenvalue weighted by atomic mass is 16.3. The van der Waals surface area contributed by atoms with Gasteiger partial charge < -0.3 is 5.11 Å². The molecule has 0 amide bonds. The molecule has 1 N–H and O–H groups in total. The number of benzene rings is 1. The second kappa shape index (κ2) is 6.61. The van der Waals surface area contributed by atoms with Crippen molar-refractivity contribution >= 4 is 0 Å². The molecule has 0 unspecified atom stereocenters. The fourth-order valence-electron chi connectivity index (χ4n) is 2.54. The minimum Gasteiger partial charge on any atom is -0.388 e. The van der Waals surface area contributed by atoms with Gasteiger partial charge in [-0.3, -0.25) is 0 Å². The van der Waals surface area contributed by atoms with E-state index >= 15 is 0 Å². The summed E-state index contributed by atoms with van der Waals surface area (Å²) in [4.78, 5) is 0. The lowest BCUT2D eigenvalue weighted by molar-refractivity contribution is 0.181. The lowest BCUT2D eigenvalue weighted by atomic mass is 9.89. The minimum atomic E-state index is -0.351. The van der Waals surface area contributed by atoms with Crippen LogP contribution in [0.5, 0.6) is 0 Å². The monoisotopic (exact) mass is 230 g/mol. The summed E-state index contributed by atoms with van der Waals surface area (Å²) in [5, 5.41) is 10.00. The third-order valence-corrected chi connectivity index (χ3v) is 3.60. The van der Waals surface area contributed by atoms with Crippen molar-refractivity contribution in [3.8, 4) is 0 Å². The third-order valence-electron chi connectivity index (χ3n) is 3.60. The first-order valence-corrected chi connectivity index (χ1v) is 6.76. The van der Waals surface area contributed by atoms with Gasteiger partial charge in [-0.25, -0.2) is 0 Å². The quantitative estimate of drug-likeness (QED) is 0.767. The van der Waals surface area contributed by atoms with Gasteiger partial charge in [-0.15, -0.1) is 0 Å². The summed E-state index contributed by atoms with van der Waals surface area (Å²) in [7, 11) is 0. The Bertz CT molecular complexity index is 336. The molecule has 1 fully saturated rings. The van der Waals surface area contributed by atoms with Crippen LogP contribution in [0.25, 0.3) is 0 Å². The van der Waals surface area contributed by atoms with Gasteiger partial charge in [0.25, 0.3) is 0 Å². The molecule has 0 aliphatic heterocycles. The van der Waals surface area contributed by atoms with Crippen molar-refractivity contribution in [2.75, 3.05) is 0 Å². The molecular weight excluding hydrogens is 208 g/mol. The third kappa shape index (κ3) is 4.01. The molecule has 1 aromatic rings. The Balaban J connectivity index is 1.79. The second-order valence-corrected chi connectivity index (χ2v) is 4.99. The van der Waals surface area contributed by atoms with E-state index in [9.17, 15) is 5.11 Å². The normalized spacial score (nSPS) is 19.6. The summed E-state index contributed by atoms with van der Waals surface area (Å²) in [5.74, 6) is 0.756. The first kappa shape index (κ1) is 12.4. The van der Waals surface area contributed by atoms with E-state index < -0.39 is 0 Å². The van der Waals surface area contributed by atoms with Gasteiger partial charge in [0, 0.05) is 0 Å². The largest absolute Gasteiger partial charge is 0.388 e. The summed E-state index contributed by atoms with van der Waals surface area (Å²) in [6, 6.07) is 9.90. The highest BCUT2D eigenvalue weighted by molar-refractivity contribution is 5.17. The van der Waals surface area contributed by atoms with Gasteiger partial charge in [0.2, 0.25) is 0 Å². The molecule has 1 aromatic carbocycles. The van der Waals surface area contributed by atoms with Crippen molar-refractivity contribution in [3.63, 3.8) is 0 Å². The van der Waals surface area contributed by atoms with Crippen LogP contribution in [0.3, 0.4) is 0 Å². The van der Waals surface area contributed by atoms with Crippen molar-refractivity contribution in [2.45, 2.75) is 44.6 Å². The van der Waals surface area contributed by atoms with Gasteiger partial charge in [-0.2, -0.15) is 0 Å². The smallest absolute Gasteiger partial charge is 0.0824 e. The highest BCUT2D eigenvalue weighted by Crippen LogP contribution is 2.25. The lowest BCUT2D eigenvalue weighted by Crippen LogP contribution is -2.03. The molecule has 1 aliphatic rings. The molecule has 1 heteroatoms. The van der Waals surface area contributed by atoms with Gasteiger partial charge in [0.05, 0.1) is 6.10 Å². The summed E-state index contributed by atoms with van der Waals surface area (Å²) >= 11 is 0. The van der Waals surface area contributed by atoms with Crippen LogP contribution in [0.2, 0.25) is 0 Å². The Labute approximate surface area is 104 Å². The maximum absolute atomic E-state index is 10.00. The predicted octanol–water partition coefficient (Wildman–Crippen LogP) is 4.25. The molecule has 1 atom stereocenters. The molecule has 92 valence electrons. The van der Waals surface area contributed by atoms with E-state index in [2.05, 4.69) is 12.2 Å². The summed E-state index contributed by atoms with van der Waals surface area (Å²) in [6.45, 7) is 0. The summed E-state index contributed by atoms with van der Waals surface area (Å²) < 4.78 is 0. The van der Waals surface area contributed by atoms with Gasteiger partial charge in [0.1, 0.15) is 0 Å². The Morgan fingerprint density at radius 1 is 1.12 bits per heavy atom. The summed E-state index contributed by atoms with van der Waals surface area (Å²) in [5.41, 5.74) is 1.01. The molecule has 0 radical (unpaired) electrons. The van der Waals surface area contributed by atoms with E-state index in [0.29, 0.717) is 0 Å². The maximum atomic E-state index is 10.00. The molecule has 1 saturated carbocycles. The van der Waals surface area contributed by atoms with Crippen LogP contribution in [0.15, 0.2) is 42.5 Å². The van der Waals surface area contributed by atoms with E-state index in [1.807, 2.05) is 30.3 Å². The van der Waals surface area contributed by atoms with Gasteiger partial charge in [-0.1, -0.05) is 61.7 Å². The maximum Gasteiger partial charge on any atom is 0.0824 e. The lowest BCUT2D eigenvalue weighted by Gasteiger charge is -2.18. The van der Waals surface area contributed by atoms with Crippen LogP contribution < -0.4 is 0 Å². The topological polar surface area (TPSA) is 20.2 Å². The highest BCUT2D eigenvalue weighted by Gasteiger charge is 2.10. The number of aliphatic hydroxyl groups excluding tert-OH is 1. The summed E-state index contributed by atoms with van der Waals surface area (Å²) in [6.07, 6.45) is 11.7. The Hall–Kier alpha value is -1.08. The van der Waals surface area contributed by atoms with Gasteiger partial charge in [-0.05, 0) is 30.7 Å². The van der Waals surface area contributed by atoms with Crippen LogP contribution in [-0.4, -0.2) is 5.11 Å². The zero-order valence-electron chi connectivity index (χ0n) is 10.4. The van der Waals surface area contributed by atoms with Crippen molar-refractivity contribution in [2.24, 2.45) is 5.92 Å². The van der Waals surface area contributed by atoms with Crippen LogP contribution in [-0.2, 0) is 0 Å². The molecule has 0 heterocycles. The Morgan fingerprint density at radius 3 is 2.53 bits per heavy atom.